The molecule has 174 valence electrons. The lowest BCUT2D eigenvalue weighted by Gasteiger charge is -2.44. The highest BCUT2D eigenvalue weighted by Crippen LogP contribution is 2.37. The van der Waals surface area contributed by atoms with Gasteiger partial charge in [-0.2, -0.15) is 0 Å². The van der Waals surface area contributed by atoms with Crippen LogP contribution in [0, 0.1) is 5.92 Å². The van der Waals surface area contributed by atoms with Crippen LogP contribution in [0.4, 0.5) is 10.5 Å². The Balaban J connectivity index is 1.27. The third-order valence-electron chi connectivity index (χ3n) is 7.42. The number of amides is 3. The Morgan fingerprint density at radius 2 is 1.79 bits per heavy atom. The first kappa shape index (κ1) is 22.5. The van der Waals surface area contributed by atoms with Gasteiger partial charge in [0, 0.05) is 47.0 Å². The van der Waals surface area contributed by atoms with Crippen LogP contribution in [0.3, 0.4) is 0 Å². The van der Waals surface area contributed by atoms with Crippen molar-refractivity contribution in [3.8, 4) is 0 Å². The van der Waals surface area contributed by atoms with Gasteiger partial charge in [0.25, 0.3) is 5.91 Å². The molecule has 1 aliphatic carbocycles. The van der Waals surface area contributed by atoms with Gasteiger partial charge in [0.1, 0.15) is 0 Å². The molecule has 33 heavy (non-hydrogen) atoms. The molecule has 2 aromatic carbocycles. The van der Waals surface area contributed by atoms with E-state index in [9.17, 15) is 9.59 Å². The van der Waals surface area contributed by atoms with E-state index in [0.29, 0.717) is 35.1 Å². The molecule has 1 saturated carbocycles. The van der Waals surface area contributed by atoms with Crippen LogP contribution in [0.1, 0.15) is 60.0 Å². The Morgan fingerprint density at radius 1 is 0.970 bits per heavy atom. The number of hydrogen-bond acceptors (Lipinski definition) is 2. The Kier molecular flexibility index (Phi) is 6.53. The lowest BCUT2D eigenvalue weighted by molar-refractivity contribution is 0.0390. The van der Waals surface area contributed by atoms with Crippen LogP contribution in [0.15, 0.2) is 36.4 Å². The van der Waals surface area contributed by atoms with E-state index >= 15 is 0 Å². The smallest absolute Gasteiger partial charge is 0.322 e. The van der Waals surface area contributed by atoms with Crippen LogP contribution >= 0.6 is 23.2 Å². The molecule has 0 radical (unpaired) electrons. The second-order valence-corrected chi connectivity index (χ2v) is 10.2. The van der Waals surface area contributed by atoms with Crippen molar-refractivity contribution in [1.82, 2.24) is 10.2 Å². The van der Waals surface area contributed by atoms with Gasteiger partial charge in [0.15, 0.2) is 0 Å². The summed E-state index contributed by atoms with van der Waals surface area (Å²) in [4.78, 5) is 30.1. The van der Waals surface area contributed by atoms with Gasteiger partial charge in [-0.1, -0.05) is 42.1 Å². The maximum Gasteiger partial charge on any atom is 0.322 e. The summed E-state index contributed by atoms with van der Waals surface area (Å²) in [6, 6.07) is 11.3. The molecule has 0 unspecified atom stereocenters. The van der Waals surface area contributed by atoms with E-state index in [1.807, 2.05) is 24.3 Å². The number of likely N-dealkylation sites (tertiary alicyclic amines) is 1. The van der Waals surface area contributed by atoms with Crippen molar-refractivity contribution < 1.29 is 9.59 Å². The predicted octanol–water partition coefficient (Wildman–Crippen LogP) is 6.06. The van der Waals surface area contributed by atoms with E-state index in [1.165, 1.54) is 25.7 Å². The Bertz CT molecular complexity index is 1070. The summed E-state index contributed by atoms with van der Waals surface area (Å²) in [5.41, 5.74) is 3.49. The van der Waals surface area contributed by atoms with Crippen molar-refractivity contribution in [3.05, 3.63) is 63.1 Å². The summed E-state index contributed by atoms with van der Waals surface area (Å²) < 4.78 is 0. The highest BCUT2D eigenvalue weighted by Gasteiger charge is 2.36. The SMILES string of the molecule is O=C(NCc1ccc(Cl)cc1Cl)N1CCc2cc(C(=O)N3CCC[C@H]4CCCC[C@H]43)ccc21. The highest BCUT2D eigenvalue weighted by atomic mass is 35.5. The van der Waals surface area contributed by atoms with Crippen molar-refractivity contribution in [2.75, 3.05) is 18.0 Å². The second-order valence-electron chi connectivity index (χ2n) is 9.39. The molecule has 3 aliphatic rings. The van der Waals surface area contributed by atoms with Crippen molar-refractivity contribution in [1.29, 1.82) is 0 Å². The average Bonchev–Trinajstić information content (AvgIpc) is 3.26. The molecule has 0 spiro atoms. The quantitative estimate of drug-likeness (QED) is 0.574. The van der Waals surface area contributed by atoms with E-state index in [0.717, 1.165) is 48.2 Å². The molecule has 3 amide bonds. The van der Waals surface area contributed by atoms with Gasteiger partial charge >= 0.3 is 6.03 Å². The van der Waals surface area contributed by atoms with Gasteiger partial charge in [-0.05, 0) is 79.5 Å². The van der Waals surface area contributed by atoms with Gasteiger partial charge in [-0.3, -0.25) is 9.69 Å². The molecule has 7 heteroatoms. The summed E-state index contributed by atoms with van der Waals surface area (Å²) in [5.74, 6) is 0.814. The van der Waals surface area contributed by atoms with Gasteiger partial charge < -0.3 is 10.2 Å². The number of rotatable bonds is 3. The number of halogens is 2. The topological polar surface area (TPSA) is 52.7 Å². The number of nitrogens with one attached hydrogen (secondary N) is 1. The summed E-state index contributed by atoms with van der Waals surface area (Å²) in [5, 5.41) is 4.05. The Morgan fingerprint density at radius 3 is 2.64 bits per heavy atom. The fraction of sp³-hybridized carbons (Fsp3) is 0.462. The Labute approximate surface area is 205 Å². The normalized spacial score (nSPS) is 22.0. The number of benzene rings is 2. The lowest BCUT2D eigenvalue weighted by Crippen LogP contribution is -2.49. The molecule has 2 atom stereocenters. The maximum atomic E-state index is 13.4. The number of anilines is 1. The van der Waals surface area contributed by atoms with Crippen molar-refractivity contribution >= 4 is 40.8 Å². The monoisotopic (exact) mass is 485 g/mol. The van der Waals surface area contributed by atoms with Crippen LogP contribution in [0.25, 0.3) is 0 Å². The van der Waals surface area contributed by atoms with Crippen LogP contribution in [0.5, 0.6) is 0 Å². The van der Waals surface area contributed by atoms with Gasteiger partial charge in [-0.15, -0.1) is 0 Å². The van der Waals surface area contributed by atoms with E-state index in [4.69, 9.17) is 23.2 Å². The van der Waals surface area contributed by atoms with E-state index in [-0.39, 0.29) is 11.9 Å². The number of carbonyl (C=O) groups excluding carboxylic acids is 2. The van der Waals surface area contributed by atoms with Gasteiger partial charge in [0.05, 0.1) is 0 Å². The van der Waals surface area contributed by atoms with Crippen LogP contribution in [-0.4, -0.2) is 36.0 Å². The molecule has 2 heterocycles. The first-order valence-electron chi connectivity index (χ1n) is 11.9. The predicted molar refractivity (Wildman–Crippen MR) is 132 cm³/mol. The van der Waals surface area contributed by atoms with E-state index < -0.39 is 0 Å². The number of urea groups is 1. The molecule has 5 rings (SSSR count). The zero-order valence-electron chi connectivity index (χ0n) is 18.7. The molecule has 1 saturated heterocycles. The fourth-order valence-corrected chi connectivity index (χ4v) is 6.20. The number of hydrogen-bond donors (Lipinski definition) is 1. The second kappa shape index (κ2) is 9.55. The minimum absolute atomic E-state index is 0.148. The molecule has 5 nitrogen and oxygen atoms in total. The van der Waals surface area contributed by atoms with E-state index in [2.05, 4.69) is 10.2 Å². The third kappa shape index (κ3) is 4.58. The molecule has 2 fully saturated rings. The summed E-state index contributed by atoms with van der Waals surface area (Å²) in [6.45, 7) is 1.79. The van der Waals surface area contributed by atoms with Crippen molar-refractivity contribution in [2.45, 2.75) is 57.5 Å². The number of nitrogens with zero attached hydrogens (tertiary/aromatic N) is 2. The zero-order valence-corrected chi connectivity index (χ0v) is 20.2. The molecule has 2 aromatic rings. The highest BCUT2D eigenvalue weighted by molar-refractivity contribution is 6.35. The minimum atomic E-state index is -0.167. The molecule has 1 N–H and O–H groups in total. The third-order valence-corrected chi connectivity index (χ3v) is 8.00. The van der Waals surface area contributed by atoms with E-state index in [1.54, 1.807) is 17.0 Å². The molecular weight excluding hydrogens is 457 g/mol. The van der Waals surface area contributed by atoms with Crippen LogP contribution in [-0.2, 0) is 13.0 Å². The number of fused-ring (bicyclic) bond motifs is 2. The molecule has 0 bridgehead atoms. The summed E-state index contributed by atoms with van der Waals surface area (Å²) >= 11 is 12.2. The van der Waals surface area contributed by atoms with Crippen LogP contribution in [0.2, 0.25) is 10.0 Å². The first-order valence-corrected chi connectivity index (χ1v) is 12.7. The molecular formula is C26H29Cl2N3O2. The lowest BCUT2D eigenvalue weighted by atomic mass is 9.78. The Hall–Kier alpha value is -2.24. The first-order chi connectivity index (χ1) is 16.0. The number of piperidine rings is 1. The van der Waals surface area contributed by atoms with Crippen molar-refractivity contribution in [3.63, 3.8) is 0 Å². The average molecular weight is 486 g/mol. The fourth-order valence-electron chi connectivity index (χ4n) is 5.72. The largest absolute Gasteiger partial charge is 0.335 e. The standard InChI is InChI=1S/C26H29Cl2N3O2/c27-21-9-7-20(22(28)15-21)16-29-26(33)31-13-11-18-14-19(8-10-24(18)31)25(32)30-12-3-5-17-4-1-2-6-23(17)30/h7-10,14-15,17,23H,1-6,11-13,16H2,(H,29,33)/t17-,23-/m1/s1. The number of carbonyl (C=O) groups is 2. The van der Waals surface area contributed by atoms with Gasteiger partial charge in [-0.25, -0.2) is 4.79 Å². The van der Waals surface area contributed by atoms with Crippen molar-refractivity contribution in [2.24, 2.45) is 5.92 Å². The van der Waals surface area contributed by atoms with Gasteiger partial charge in [0.2, 0.25) is 0 Å². The summed E-state index contributed by atoms with van der Waals surface area (Å²) in [7, 11) is 0. The molecule has 2 aliphatic heterocycles. The summed E-state index contributed by atoms with van der Waals surface area (Å²) in [6.07, 6.45) is 8.01. The minimum Gasteiger partial charge on any atom is -0.335 e. The molecule has 0 aromatic heterocycles. The van der Waals surface area contributed by atoms with Crippen LogP contribution < -0.4 is 10.2 Å². The maximum absolute atomic E-state index is 13.4. The zero-order chi connectivity index (χ0) is 22.9.